The average Bonchev–Trinajstić information content (AvgIpc) is 2.91. The van der Waals surface area contributed by atoms with Gasteiger partial charge in [-0.1, -0.05) is 34.8 Å². The van der Waals surface area contributed by atoms with E-state index in [9.17, 15) is 8.42 Å². The lowest BCUT2D eigenvalue weighted by atomic mass is 10.1. The van der Waals surface area contributed by atoms with E-state index in [0.717, 1.165) is 4.09 Å². The minimum absolute atomic E-state index is 0.0165. The Morgan fingerprint density at radius 1 is 1.07 bits per heavy atom. The van der Waals surface area contributed by atoms with Crippen molar-refractivity contribution in [2.75, 3.05) is 12.8 Å². The summed E-state index contributed by atoms with van der Waals surface area (Å²) < 4.78 is 32.2. The van der Waals surface area contributed by atoms with Crippen molar-refractivity contribution in [3.05, 3.63) is 57.2 Å². The molecule has 3 aromatic rings. The molecule has 0 saturated carbocycles. The van der Waals surface area contributed by atoms with Crippen molar-refractivity contribution in [2.24, 2.45) is 0 Å². The third-order valence-corrected chi connectivity index (χ3v) is 6.44. The summed E-state index contributed by atoms with van der Waals surface area (Å²) in [6.45, 7) is 1.60. The molecule has 0 fully saturated rings. The van der Waals surface area contributed by atoms with Crippen molar-refractivity contribution in [1.29, 1.82) is 0 Å². The standard InChI is InChI=1S/C17H14Cl3N3O3S/c1-9-15(20)16(10-7-13(18)17(26-2)14(19)8-10)23(22-9)27(24,25)12-5-3-11(21)4-6-12/h3-8H,21H2,1-2H3. The summed E-state index contributed by atoms with van der Waals surface area (Å²) in [5.74, 6) is 0.280. The van der Waals surface area contributed by atoms with Crippen LogP contribution in [0.25, 0.3) is 11.3 Å². The minimum Gasteiger partial charge on any atom is -0.494 e. The first kappa shape index (κ1) is 19.8. The van der Waals surface area contributed by atoms with E-state index in [4.69, 9.17) is 45.3 Å². The van der Waals surface area contributed by atoms with Crippen LogP contribution in [0.1, 0.15) is 5.69 Å². The van der Waals surface area contributed by atoms with Crippen molar-refractivity contribution in [3.63, 3.8) is 0 Å². The van der Waals surface area contributed by atoms with Crippen molar-refractivity contribution in [1.82, 2.24) is 9.19 Å². The van der Waals surface area contributed by atoms with Crippen molar-refractivity contribution in [2.45, 2.75) is 11.8 Å². The Labute approximate surface area is 171 Å². The van der Waals surface area contributed by atoms with Crippen LogP contribution in [0.3, 0.4) is 0 Å². The van der Waals surface area contributed by atoms with Gasteiger partial charge in [-0.25, -0.2) is 0 Å². The maximum atomic E-state index is 13.1. The van der Waals surface area contributed by atoms with Crippen molar-refractivity contribution < 1.29 is 13.2 Å². The smallest absolute Gasteiger partial charge is 0.283 e. The number of rotatable bonds is 4. The number of halogens is 3. The van der Waals surface area contributed by atoms with Gasteiger partial charge in [-0.2, -0.15) is 17.6 Å². The lowest BCUT2D eigenvalue weighted by Gasteiger charge is -2.12. The van der Waals surface area contributed by atoms with Gasteiger partial charge in [0.15, 0.2) is 5.75 Å². The van der Waals surface area contributed by atoms with Crippen LogP contribution >= 0.6 is 34.8 Å². The lowest BCUT2D eigenvalue weighted by Crippen LogP contribution is -2.16. The number of benzene rings is 2. The molecule has 0 atom stereocenters. The molecule has 0 unspecified atom stereocenters. The molecule has 0 bridgehead atoms. The number of aryl methyl sites for hydroxylation is 1. The Kier molecular flexibility index (Phi) is 5.31. The molecule has 3 rings (SSSR count). The highest BCUT2D eigenvalue weighted by Crippen LogP contribution is 2.40. The number of anilines is 1. The van der Waals surface area contributed by atoms with Gasteiger partial charge in [0.2, 0.25) is 0 Å². The largest absolute Gasteiger partial charge is 0.494 e. The maximum absolute atomic E-state index is 13.1. The average molecular weight is 447 g/mol. The first-order valence-electron chi connectivity index (χ1n) is 7.56. The zero-order valence-corrected chi connectivity index (χ0v) is 17.3. The van der Waals surface area contributed by atoms with Gasteiger partial charge in [0.25, 0.3) is 10.0 Å². The van der Waals surface area contributed by atoms with Gasteiger partial charge in [0.1, 0.15) is 5.69 Å². The summed E-state index contributed by atoms with van der Waals surface area (Å²) in [4.78, 5) is 0.0165. The van der Waals surface area contributed by atoms with Gasteiger partial charge in [0.05, 0.1) is 32.8 Å². The topological polar surface area (TPSA) is 87.2 Å². The molecule has 10 heteroatoms. The molecule has 0 spiro atoms. The van der Waals surface area contributed by atoms with Crippen LogP contribution in [0.4, 0.5) is 5.69 Å². The Balaban J connectivity index is 2.27. The van der Waals surface area contributed by atoms with Crippen LogP contribution in [0, 0.1) is 6.92 Å². The second kappa shape index (κ2) is 7.24. The zero-order chi connectivity index (χ0) is 19.9. The van der Waals surface area contributed by atoms with Crippen molar-refractivity contribution >= 4 is 50.5 Å². The van der Waals surface area contributed by atoms with E-state index in [1.165, 1.54) is 43.5 Å². The van der Waals surface area contributed by atoms with E-state index < -0.39 is 10.0 Å². The van der Waals surface area contributed by atoms with Crippen LogP contribution in [0.2, 0.25) is 15.1 Å². The third kappa shape index (κ3) is 3.48. The summed E-state index contributed by atoms with van der Waals surface area (Å²) in [7, 11) is -2.60. The molecule has 27 heavy (non-hydrogen) atoms. The SMILES string of the molecule is COc1c(Cl)cc(-c2c(Cl)c(C)nn2S(=O)(=O)c2ccc(N)cc2)cc1Cl. The van der Waals surface area contributed by atoms with Gasteiger partial charge in [-0.15, -0.1) is 0 Å². The molecule has 1 aromatic heterocycles. The predicted octanol–water partition coefficient (Wildman–Crippen LogP) is 4.65. The fourth-order valence-electron chi connectivity index (χ4n) is 2.53. The molecule has 0 aliphatic heterocycles. The van der Waals surface area contributed by atoms with Gasteiger partial charge >= 0.3 is 0 Å². The number of nitrogens with two attached hydrogens (primary N) is 1. The summed E-state index contributed by atoms with van der Waals surface area (Å²) in [5, 5.41) is 4.71. The van der Waals surface area contributed by atoms with Gasteiger partial charge in [-0.3, -0.25) is 0 Å². The van der Waals surface area contributed by atoms with Crippen LogP contribution in [0.15, 0.2) is 41.3 Å². The number of hydrogen-bond donors (Lipinski definition) is 1. The highest BCUT2D eigenvalue weighted by molar-refractivity contribution is 7.90. The van der Waals surface area contributed by atoms with E-state index in [1.54, 1.807) is 6.92 Å². The fourth-order valence-corrected chi connectivity index (χ4v) is 4.79. The van der Waals surface area contributed by atoms with Gasteiger partial charge in [0, 0.05) is 11.3 Å². The van der Waals surface area contributed by atoms with E-state index in [0.29, 0.717) is 16.9 Å². The highest BCUT2D eigenvalue weighted by atomic mass is 35.5. The molecule has 0 aliphatic rings. The van der Waals surface area contributed by atoms with Crippen LogP contribution in [-0.4, -0.2) is 24.7 Å². The van der Waals surface area contributed by atoms with E-state index >= 15 is 0 Å². The molecule has 2 aromatic carbocycles. The molecular weight excluding hydrogens is 433 g/mol. The summed E-state index contributed by atoms with van der Waals surface area (Å²) >= 11 is 18.8. The quantitative estimate of drug-likeness (QED) is 0.590. The normalized spacial score (nSPS) is 11.6. The first-order valence-corrected chi connectivity index (χ1v) is 10.1. The molecular formula is C17H14Cl3N3O3S. The minimum atomic E-state index is -4.03. The van der Waals surface area contributed by atoms with E-state index in [1.807, 2.05) is 0 Å². The van der Waals surface area contributed by atoms with Crippen molar-refractivity contribution in [3.8, 4) is 17.0 Å². The maximum Gasteiger partial charge on any atom is 0.283 e. The Morgan fingerprint density at radius 2 is 1.63 bits per heavy atom. The number of nitrogens with zero attached hydrogens (tertiary/aromatic N) is 2. The zero-order valence-electron chi connectivity index (χ0n) is 14.2. The molecule has 6 nitrogen and oxygen atoms in total. The predicted molar refractivity (Wildman–Crippen MR) is 107 cm³/mol. The monoisotopic (exact) mass is 445 g/mol. The first-order chi connectivity index (χ1) is 12.7. The molecule has 0 radical (unpaired) electrons. The molecule has 0 amide bonds. The molecule has 0 saturated heterocycles. The summed E-state index contributed by atoms with van der Waals surface area (Å²) in [6.07, 6.45) is 0. The van der Waals surface area contributed by atoms with Gasteiger partial charge < -0.3 is 10.5 Å². The summed E-state index contributed by atoms with van der Waals surface area (Å²) in [6, 6.07) is 8.81. The molecule has 0 aliphatic carbocycles. The number of aromatic nitrogens is 2. The van der Waals surface area contributed by atoms with Crippen LogP contribution in [0.5, 0.6) is 5.75 Å². The molecule has 2 N–H and O–H groups in total. The lowest BCUT2D eigenvalue weighted by molar-refractivity contribution is 0.415. The Bertz CT molecular complexity index is 1100. The van der Waals surface area contributed by atoms with Crippen LogP contribution in [-0.2, 0) is 10.0 Å². The Hall–Kier alpha value is -1.93. The van der Waals surface area contributed by atoms with Gasteiger partial charge in [-0.05, 0) is 43.3 Å². The number of hydrogen-bond acceptors (Lipinski definition) is 5. The molecule has 1 heterocycles. The number of ether oxygens (including phenoxy) is 1. The second-order valence-electron chi connectivity index (χ2n) is 5.64. The fraction of sp³-hybridized carbons (Fsp3) is 0.118. The number of methoxy groups -OCH3 is 1. The van der Waals surface area contributed by atoms with E-state index in [-0.39, 0.29) is 31.4 Å². The number of nitrogen functional groups attached to an aromatic ring is 1. The third-order valence-electron chi connectivity index (χ3n) is 3.84. The Morgan fingerprint density at radius 3 is 2.15 bits per heavy atom. The summed E-state index contributed by atoms with van der Waals surface area (Å²) in [5.41, 5.74) is 6.96. The molecule has 142 valence electrons. The van der Waals surface area contributed by atoms with Crippen LogP contribution < -0.4 is 10.5 Å². The van der Waals surface area contributed by atoms with E-state index in [2.05, 4.69) is 5.10 Å². The highest BCUT2D eigenvalue weighted by Gasteiger charge is 2.27. The second-order valence-corrected chi connectivity index (χ2v) is 8.60.